The van der Waals surface area contributed by atoms with Crippen LogP contribution in [0.5, 0.6) is 5.75 Å². The van der Waals surface area contributed by atoms with E-state index in [4.69, 9.17) is 9.47 Å². The van der Waals surface area contributed by atoms with Crippen LogP contribution in [0.1, 0.15) is 29.8 Å². The molecule has 0 aliphatic carbocycles. The first-order valence-electron chi connectivity index (χ1n) is 10.7. The van der Waals surface area contributed by atoms with Gasteiger partial charge in [-0.3, -0.25) is 4.79 Å². The van der Waals surface area contributed by atoms with Gasteiger partial charge in [0.1, 0.15) is 5.75 Å². The molecule has 1 saturated heterocycles. The summed E-state index contributed by atoms with van der Waals surface area (Å²) in [6, 6.07) is 13.0. The lowest BCUT2D eigenvalue weighted by Gasteiger charge is -2.36. The number of anilines is 2. The average Bonchev–Trinajstić information content (AvgIpc) is 2.82. The maximum Gasteiger partial charge on any atom is 0.337 e. The number of nitrogens with one attached hydrogen (secondary N) is 1. The number of benzene rings is 2. The van der Waals surface area contributed by atoms with Gasteiger partial charge in [-0.25, -0.2) is 4.79 Å². The van der Waals surface area contributed by atoms with E-state index in [2.05, 4.69) is 29.0 Å². The molecule has 1 aliphatic heterocycles. The van der Waals surface area contributed by atoms with E-state index >= 15 is 0 Å². The smallest absolute Gasteiger partial charge is 0.337 e. The van der Waals surface area contributed by atoms with Crippen LogP contribution in [0.2, 0.25) is 0 Å². The van der Waals surface area contributed by atoms with Gasteiger partial charge in [-0.1, -0.05) is 26.0 Å². The van der Waals surface area contributed by atoms with Crippen LogP contribution in [0.25, 0.3) is 0 Å². The van der Waals surface area contributed by atoms with Crippen LogP contribution in [-0.2, 0) is 16.0 Å². The molecule has 1 fully saturated rings. The summed E-state index contributed by atoms with van der Waals surface area (Å²) in [7, 11) is 1.34. The van der Waals surface area contributed by atoms with Gasteiger partial charge in [-0.15, -0.1) is 0 Å². The van der Waals surface area contributed by atoms with Gasteiger partial charge in [0.2, 0.25) is 0 Å². The maximum absolute atomic E-state index is 12.6. The number of hydrogen-bond acceptors (Lipinski definition) is 6. The van der Waals surface area contributed by atoms with Crippen molar-refractivity contribution in [3.8, 4) is 5.75 Å². The van der Waals surface area contributed by atoms with Crippen molar-refractivity contribution in [3.05, 3.63) is 53.6 Å². The van der Waals surface area contributed by atoms with E-state index < -0.39 is 5.97 Å². The number of hydrogen-bond donors (Lipinski definition) is 1. The van der Waals surface area contributed by atoms with E-state index in [9.17, 15) is 9.59 Å². The molecule has 0 spiro atoms. The predicted molar refractivity (Wildman–Crippen MR) is 122 cm³/mol. The normalized spacial score (nSPS) is 14.2. The molecule has 166 valence electrons. The Kier molecular flexibility index (Phi) is 7.89. The van der Waals surface area contributed by atoms with Crippen molar-refractivity contribution in [2.75, 3.05) is 56.7 Å². The summed E-state index contributed by atoms with van der Waals surface area (Å²) in [5.74, 6) is -0.0771. The van der Waals surface area contributed by atoms with E-state index in [-0.39, 0.29) is 12.5 Å². The Hall–Kier alpha value is -3.06. The number of aryl methyl sites for hydroxylation is 1. The van der Waals surface area contributed by atoms with Crippen LogP contribution in [0.3, 0.4) is 0 Å². The molecule has 3 rings (SSSR count). The summed E-state index contributed by atoms with van der Waals surface area (Å²) < 4.78 is 10.5. The summed E-state index contributed by atoms with van der Waals surface area (Å²) in [6.07, 6.45) is 0.951. The summed E-state index contributed by atoms with van der Waals surface area (Å²) in [4.78, 5) is 29.2. The number of esters is 1. The molecule has 0 saturated carbocycles. The second-order valence-corrected chi connectivity index (χ2v) is 7.48. The number of amides is 1. The van der Waals surface area contributed by atoms with E-state index in [0.717, 1.165) is 44.8 Å². The number of rotatable bonds is 8. The minimum absolute atomic E-state index is 0.114. The second kappa shape index (κ2) is 10.8. The Morgan fingerprint density at radius 2 is 1.71 bits per heavy atom. The first kappa shape index (κ1) is 22.6. The van der Waals surface area contributed by atoms with Crippen molar-refractivity contribution >= 4 is 23.3 Å². The number of methoxy groups -OCH3 is 1. The van der Waals surface area contributed by atoms with Crippen molar-refractivity contribution < 1.29 is 19.1 Å². The highest BCUT2D eigenvalue weighted by molar-refractivity contribution is 5.98. The van der Waals surface area contributed by atoms with Gasteiger partial charge in [0, 0.05) is 26.2 Å². The third-order valence-corrected chi connectivity index (χ3v) is 5.55. The van der Waals surface area contributed by atoms with Gasteiger partial charge >= 0.3 is 5.97 Å². The number of piperazine rings is 1. The fraction of sp³-hybridized carbons (Fsp3) is 0.417. The minimum Gasteiger partial charge on any atom is -0.484 e. The number of nitrogens with zero attached hydrogens (tertiary/aromatic N) is 2. The molecule has 0 unspecified atom stereocenters. The zero-order valence-electron chi connectivity index (χ0n) is 18.5. The van der Waals surface area contributed by atoms with Crippen LogP contribution in [0.15, 0.2) is 42.5 Å². The number of carbonyl (C=O) groups is 2. The summed E-state index contributed by atoms with van der Waals surface area (Å²) >= 11 is 0. The molecule has 31 heavy (non-hydrogen) atoms. The zero-order valence-corrected chi connectivity index (χ0v) is 18.5. The molecule has 2 aromatic rings. The minimum atomic E-state index is -0.440. The highest BCUT2D eigenvalue weighted by Gasteiger charge is 2.21. The Morgan fingerprint density at radius 1 is 1.00 bits per heavy atom. The first-order valence-corrected chi connectivity index (χ1v) is 10.7. The maximum atomic E-state index is 12.6. The van der Waals surface area contributed by atoms with Crippen molar-refractivity contribution in [1.82, 2.24) is 4.90 Å². The summed E-state index contributed by atoms with van der Waals surface area (Å²) in [5, 5.41) is 2.92. The quantitative estimate of drug-likeness (QED) is 0.655. The highest BCUT2D eigenvalue weighted by Crippen LogP contribution is 2.29. The molecule has 1 amide bonds. The van der Waals surface area contributed by atoms with Crippen LogP contribution in [-0.4, -0.2) is 63.2 Å². The molecule has 2 aromatic carbocycles. The molecule has 7 heteroatoms. The molecule has 1 N–H and O–H groups in total. The van der Waals surface area contributed by atoms with E-state index in [1.807, 2.05) is 30.3 Å². The van der Waals surface area contributed by atoms with Gasteiger partial charge in [-0.05, 0) is 48.9 Å². The van der Waals surface area contributed by atoms with Crippen molar-refractivity contribution in [2.24, 2.45) is 0 Å². The molecule has 0 aromatic heterocycles. The topological polar surface area (TPSA) is 71.1 Å². The Morgan fingerprint density at radius 3 is 2.32 bits per heavy atom. The molecule has 0 radical (unpaired) electrons. The lowest BCUT2D eigenvalue weighted by molar-refractivity contribution is -0.118. The van der Waals surface area contributed by atoms with E-state index in [1.165, 1.54) is 12.7 Å². The molecule has 0 atom stereocenters. The van der Waals surface area contributed by atoms with E-state index in [1.54, 1.807) is 12.1 Å². The van der Waals surface area contributed by atoms with Crippen molar-refractivity contribution in [2.45, 2.75) is 20.3 Å². The fourth-order valence-corrected chi connectivity index (χ4v) is 3.62. The van der Waals surface area contributed by atoms with Crippen LogP contribution in [0, 0.1) is 0 Å². The number of carbonyl (C=O) groups excluding carboxylic acids is 2. The van der Waals surface area contributed by atoms with Crippen molar-refractivity contribution in [1.29, 1.82) is 0 Å². The largest absolute Gasteiger partial charge is 0.484 e. The van der Waals surface area contributed by atoms with Gasteiger partial charge in [0.05, 0.1) is 24.0 Å². The Labute approximate surface area is 183 Å². The summed E-state index contributed by atoms with van der Waals surface area (Å²) in [5.41, 5.74) is 3.08. The van der Waals surface area contributed by atoms with Crippen LogP contribution >= 0.6 is 0 Å². The predicted octanol–water partition coefficient (Wildman–Crippen LogP) is 3.20. The van der Waals surface area contributed by atoms with Gasteiger partial charge in [0.15, 0.2) is 6.61 Å². The monoisotopic (exact) mass is 425 g/mol. The zero-order chi connectivity index (χ0) is 22.2. The fourth-order valence-electron chi connectivity index (χ4n) is 3.62. The van der Waals surface area contributed by atoms with Gasteiger partial charge in [0.25, 0.3) is 5.91 Å². The molecular formula is C24H31N3O4. The third kappa shape index (κ3) is 5.98. The molecule has 0 bridgehead atoms. The van der Waals surface area contributed by atoms with E-state index in [0.29, 0.717) is 17.0 Å². The lowest BCUT2D eigenvalue weighted by atomic mass is 10.1. The molecule has 7 nitrogen and oxygen atoms in total. The number of ether oxygens (including phenoxy) is 2. The SMILES string of the molecule is CCc1ccc(OCC(=O)Nc2cc(C(=O)OC)ccc2N2CCN(CC)CC2)cc1. The standard InChI is InChI=1S/C24H31N3O4/c1-4-18-6-9-20(10-7-18)31-17-23(28)25-21-16-19(24(29)30-3)8-11-22(21)27-14-12-26(5-2)13-15-27/h6-11,16H,4-5,12-15,17H2,1-3H3,(H,25,28). The van der Waals surface area contributed by atoms with Crippen LogP contribution < -0.4 is 15.0 Å². The highest BCUT2D eigenvalue weighted by atomic mass is 16.5. The lowest BCUT2D eigenvalue weighted by Crippen LogP contribution is -2.46. The van der Waals surface area contributed by atoms with Gasteiger partial charge in [-0.2, -0.15) is 0 Å². The summed E-state index contributed by atoms with van der Waals surface area (Å²) in [6.45, 7) is 8.78. The first-order chi connectivity index (χ1) is 15.0. The average molecular weight is 426 g/mol. The second-order valence-electron chi connectivity index (χ2n) is 7.48. The molecular weight excluding hydrogens is 394 g/mol. The third-order valence-electron chi connectivity index (χ3n) is 5.55. The van der Waals surface area contributed by atoms with Crippen LogP contribution in [0.4, 0.5) is 11.4 Å². The Balaban J connectivity index is 1.71. The molecule has 1 aliphatic rings. The molecule has 1 heterocycles. The van der Waals surface area contributed by atoms with Crippen molar-refractivity contribution in [3.63, 3.8) is 0 Å². The number of likely N-dealkylation sites (N-methyl/N-ethyl adjacent to an activating group) is 1. The van der Waals surface area contributed by atoms with Gasteiger partial charge < -0.3 is 24.6 Å². The Bertz CT molecular complexity index is 890.